The van der Waals surface area contributed by atoms with Crippen LogP contribution < -0.4 is 4.74 Å². The molecule has 0 saturated carbocycles. The van der Waals surface area contributed by atoms with Gasteiger partial charge in [0.05, 0.1) is 19.4 Å². The van der Waals surface area contributed by atoms with Crippen molar-refractivity contribution in [1.29, 1.82) is 0 Å². The number of aryl methyl sites for hydroxylation is 2. The molecule has 0 bridgehead atoms. The summed E-state index contributed by atoms with van der Waals surface area (Å²) in [5.41, 5.74) is 4.33. The molecule has 100 valence electrons. The van der Waals surface area contributed by atoms with E-state index in [1.165, 1.54) is 11.1 Å². The molecule has 1 unspecified atom stereocenters. The van der Waals surface area contributed by atoms with E-state index in [2.05, 4.69) is 37.0 Å². The molecule has 3 heteroatoms. The molecule has 2 aromatic rings. The van der Waals surface area contributed by atoms with Gasteiger partial charge in [0.25, 0.3) is 0 Å². The van der Waals surface area contributed by atoms with Crippen molar-refractivity contribution in [3.63, 3.8) is 0 Å². The fraction of sp³-hybridized carbons (Fsp3) is 0.312. The van der Waals surface area contributed by atoms with E-state index in [4.69, 9.17) is 4.74 Å². The molecule has 2 rings (SSSR count). The molecule has 1 aromatic carbocycles. The van der Waals surface area contributed by atoms with Gasteiger partial charge in [0.15, 0.2) is 0 Å². The van der Waals surface area contributed by atoms with Crippen LogP contribution in [0.2, 0.25) is 0 Å². The first kappa shape index (κ1) is 13.6. The highest BCUT2D eigenvalue weighted by Gasteiger charge is 2.14. The van der Waals surface area contributed by atoms with Gasteiger partial charge in [-0.1, -0.05) is 29.3 Å². The van der Waals surface area contributed by atoms with Crippen molar-refractivity contribution >= 4 is 0 Å². The van der Waals surface area contributed by atoms with Crippen molar-refractivity contribution in [2.75, 3.05) is 7.11 Å². The molecule has 0 aliphatic carbocycles. The zero-order valence-corrected chi connectivity index (χ0v) is 11.6. The molecule has 19 heavy (non-hydrogen) atoms. The van der Waals surface area contributed by atoms with Crippen LogP contribution >= 0.6 is 0 Å². The Morgan fingerprint density at radius 2 is 1.89 bits per heavy atom. The number of aliphatic hydroxyl groups is 1. The van der Waals surface area contributed by atoms with Crippen LogP contribution in [0.15, 0.2) is 36.7 Å². The maximum Gasteiger partial charge on any atom is 0.142 e. The van der Waals surface area contributed by atoms with Gasteiger partial charge in [-0.15, -0.1) is 0 Å². The molecule has 1 heterocycles. The molecule has 0 spiro atoms. The van der Waals surface area contributed by atoms with Gasteiger partial charge in [0, 0.05) is 18.2 Å². The van der Waals surface area contributed by atoms with Crippen LogP contribution in [0.25, 0.3) is 0 Å². The lowest BCUT2D eigenvalue weighted by molar-refractivity contribution is 0.174. The molecular formula is C16H19NO2. The number of methoxy groups -OCH3 is 1. The van der Waals surface area contributed by atoms with Crippen molar-refractivity contribution in [3.8, 4) is 5.75 Å². The van der Waals surface area contributed by atoms with Crippen molar-refractivity contribution in [1.82, 2.24) is 4.98 Å². The lowest BCUT2D eigenvalue weighted by Crippen LogP contribution is -2.05. The molecule has 0 aliphatic heterocycles. The topological polar surface area (TPSA) is 42.4 Å². The first-order chi connectivity index (χ1) is 9.10. The molecule has 0 amide bonds. The lowest BCUT2D eigenvalue weighted by atomic mass is 9.99. The van der Waals surface area contributed by atoms with Crippen molar-refractivity contribution in [2.24, 2.45) is 0 Å². The minimum Gasteiger partial charge on any atom is -0.495 e. The Labute approximate surface area is 113 Å². The van der Waals surface area contributed by atoms with E-state index in [0.29, 0.717) is 12.2 Å². The van der Waals surface area contributed by atoms with Gasteiger partial charge < -0.3 is 9.84 Å². The maximum atomic E-state index is 10.4. The minimum atomic E-state index is -0.584. The van der Waals surface area contributed by atoms with Crippen molar-refractivity contribution in [3.05, 3.63) is 58.9 Å². The highest BCUT2D eigenvalue weighted by atomic mass is 16.5. The molecule has 0 aliphatic rings. The predicted molar refractivity (Wildman–Crippen MR) is 75.4 cm³/mol. The number of hydrogen-bond donors (Lipinski definition) is 1. The summed E-state index contributed by atoms with van der Waals surface area (Å²) in [6.45, 7) is 4.13. The number of rotatable bonds is 4. The summed E-state index contributed by atoms with van der Waals surface area (Å²) >= 11 is 0. The minimum absolute atomic E-state index is 0.572. The smallest absolute Gasteiger partial charge is 0.142 e. The highest BCUT2D eigenvalue weighted by molar-refractivity contribution is 5.34. The average Bonchev–Trinajstić information content (AvgIpc) is 2.37. The van der Waals surface area contributed by atoms with Crippen LogP contribution in [0.4, 0.5) is 0 Å². The Morgan fingerprint density at radius 3 is 2.53 bits per heavy atom. The Kier molecular flexibility index (Phi) is 4.17. The number of aliphatic hydroxyl groups excluding tert-OH is 1. The quantitative estimate of drug-likeness (QED) is 0.915. The van der Waals surface area contributed by atoms with Crippen LogP contribution in [-0.4, -0.2) is 17.2 Å². The zero-order chi connectivity index (χ0) is 13.8. The van der Waals surface area contributed by atoms with Gasteiger partial charge in [-0.05, 0) is 25.5 Å². The molecule has 1 atom stereocenters. The molecular weight excluding hydrogens is 238 g/mol. The Bertz CT molecular complexity index is 546. The molecule has 1 N–H and O–H groups in total. The summed E-state index contributed by atoms with van der Waals surface area (Å²) in [4.78, 5) is 4.00. The number of hydrogen-bond acceptors (Lipinski definition) is 3. The van der Waals surface area contributed by atoms with Crippen molar-refractivity contribution in [2.45, 2.75) is 26.4 Å². The second kappa shape index (κ2) is 5.85. The third kappa shape index (κ3) is 3.32. The van der Waals surface area contributed by atoms with Gasteiger partial charge in [-0.25, -0.2) is 0 Å². The molecule has 1 aromatic heterocycles. The number of pyridine rings is 1. The van der Waals surface area contributed by atoms with Gasteiger partial charge in [-0.2, -0.15) is 0 Å². The van der Waals surface area contributed by atoms with E-state index < -0.39 is 6.10 Å². The number of nitrogens with zero attached hydrogens (tertiary/aromatic N) is 1. The molecule has 0 fully saturated rings. The van der Waals surface area contributed by atoms with Gasteiger partial charge in [-0.3, -0.25) is 4.98 Å². The third-order valence-electron chi connectivity index (χ3n) is 3.11. The summed E-state index contributed by atoms with van der Waals surface area (Å²) in [7, 11) is 1.59. The van der Waals surface area contributed by atoms with Gasteiger partial charge in [0.2, 0.25) is 0 Å². The van der Waals surface area contributed by atoms with Crippen LogP contribution in [0.5, 0.6) is 5.75 Å². The van der Waals surface area contributed by atoms with Crippen molar-refractivity contribution < 1.29 is 9.84 Å². The normalized spacial score (nSPS) is 12.2. The van der Waals surface area contributed by atoms with E-state index >= 15 is 0 Å². The molecule has 3 nitrogen and oxygen atoms in total. The number of ether oxygens (including phenoxy) is 1. The second-order valence-corrected chi connectivity index (χ2v) is 4.83. The van der Waals surface area contributed by atoms with Gasteiger partial charge in [0.1, 0.15) is 5.75 Å². The summed E-state index contributed by atoms with van der Waals surface area (Å²) in [6.07, 6.45) is 3.28. The second-order valence-electron chi connectivity index (χ2n) is 4.83. The standard InChI is InChI=1S/C16H19NO2/c1-11-6-12(2)8-13(7-11)9-15(18)14-4-5-17-10-16(14)19-3/h4-8,10,15,18H,9H2,1-3H3. The SMILES string of the molecule is COc1cnccc1C(O)Cc1cc(C)cc(C)c1. The fourth-order valence-electron chi connectivity index (χ4n) is 2.36. The van der Waals surface area contributed by atoms with Crippen LogP contribution in [-0.2, 0) is 6.42 Å². The van der Waals surface area contributed by atoms with Crippen LogP contribution in [0, 0.1) is 13.8 Å². The highest BCUT2D eigenvalue weighted by Crippen LogP contribution is 2.26. The fourth-order valence-corrected chi connectivity index (χ4v) is 2.36. The van der Waals surface area contributed by atoms with E-state index in [1.807, 2.05) is 0 Å². The number of aromatic nitrogens is 1. The average molecular weight is 257 g/mol. The first-order valence-electron chi connectivity index (χ1n) is 6.33. The maximum absolute atomic E-state index is 10.4. The Hall–Kier alpha value is -1.87. The zero-order valence-electron chi connectivity index (χ0n) is 11.6. The Balaban J connectivity index is 2.22. The summed E-state index contributed by atoms with van der Waals surface area (Å²) in [6, 6.07) is 8.13. The first-order valence-corrected chi connectivity index (χ1v) is 6.33. The summed E-state index contributed by atoms with van der Waals surface area (Å²) in [5, 5.41) is 10.4. The Morgan fingerprint density at radius 1 is 1.21 bits per heavy atom. The van der Waals surface area contributed by atoms with Gasteiger partial charge >= 0.3 is 0 Å². The predicted octanol–water partition coefficient (Wildman–Crippen LogP) is 2.98. The van der Waals surface area contributed by atoms with E-state index in [1.54, 1.807) is 25.6 Å². The summed E-state index contributed by atoms with van der Waals surface area (Å²) < 4.78 is 5.23. The third-order valence-corrected chi connectivity index (χ3v) is 3.11. The molecule has 0 radical (unpaired) electrons. The monoisotopic (exact) mass is 257 g/mol. The molecule has 0 saturated heterocycles. The largest absolute Gasteiger partial charge is 0.495 e. The van der Waals surface area contributed by atoms with E-state index in [9.17, 15) is 5.11 Å². The lowest BCUT2D eigenvalue weighted by Gasteiger charge is -2.15. The van der Waals surface area contributed by atoms with E-state index in [-0.39, 0.29) is 0 Å². The number of benzene rings is 1. The van der Waals surface area contributed by atoms with Crippen LogP contribution in [0.3, 0.4) is 0 Å². The summed E-state index contributed by atoms with van der Waals surface area (Å²) in [5.74, 6) is 0.624. The van der Waals surface area contributed by atoms with Crippen LogP contribution in [0.1, 0.15) is 28.4 Å². The van der Waals surface area contributed by atoms with E-state index in [0.717, 1.165) is 11.1 Å².